The minimum atomic E-state index is -0.253. The highest BCUT2D eigenvalue weighted by atomic mass is 32.1. The topological polar surface area (TPSA) is 87.2 Å². The maximum Gasteiger partial charge on any atom is 0.323 e. The zero-order valence-corrected chi connectivity index (χ0v) is 15.0. The highest BCUT2D eigenvalue weighted by Crippen LogP contribution is 2.19. The van der Waals surface area contributed by atoms with E-state index in [4.69, 9.17) is 0 Å². The van der Waals surface area contributed by atoms with Gasteiger partial charge in [-0.25, -0.2) is 9.18 Å². The zero-order valence-electron chi connectivity index (χ0n) is 14.2. The molecule has 26 heavy (non-hydrogen) atoms. The van der Waals surface area contributed by atoms with Crippen LogP contribution in [0, 0.1) is 11.7 Å². The van der Waals surface area contributed by atoms with Gasteiger partial charge in [0, 0.05) is 25.6 Å². The van der Waals surface area contributed by atoms with Gasteiger partial charge in [0.1, 0.15) is 11.3 Å². The SMILES string of the molecule is O=C(NCCc1ccccc1F)C1CCN(C(=O)Nc2nncs2)CC1. The van der Waals surface area contributed by atoms with E-state index >= 15 is 0 Å². The van der Waals surface area contributed by atoms with Gasteiger partial charge in [-0.1, -0.05) is 29.5 Å². The fourth-order valence-corrected chi connectivity index (χ4v) is 3.34. The Kier molecular flexibility index (Phi) is 6.11. The third-order valence-corrected chi connectivity index (χ3v) is 4.98. The normalized spacial score (nSPS) is 14.9. The number of rotatable bonds is 5. The molecule has 0 bridgehead atoms. The number of carbonyl (C=O) groups is 2. The highest BCUT2D eigenvalue weighted by molar-refractivity contribution is 7.13. The first-order valence-electron chi connectivity index (χ1n) is 8.46. The summed E-state index contributed by atoms with van der Waals surface area (Å²) in [5.74, 6) is -0.414. The van der Waals surface area contributed by atoms with Crippen molar-refractivity contribution in [1.29, 1.82) is 0 Å². The number of amides is 3. The molecule has 1 aromatic carbocycles. The lowest BCUT2D eigenvalue weighted by Gasteiger charge is -2.31. The monoisotopic (exact) mass is 377 g/mol. The molecule has 1 aromatic heterocycles. The minimum Gasteiger partial charge on any atom is -0.356 e. The van der Waals surface area contributed by atoms with E-state index in [1.807, 2.05) is 0 Å². The number of urea groups is 1. The quantitative estimate of drug-likeness (QED) is 0.837. The van der Waals surface area contributed by atoms with Crippen molar-refractivity contribution in [2.75, 3.05) is 25.0 Å². The van der Waals surface area contributed by atoms with Crippen LogP contribution in [0.5, 0.6) is 0 Å². The van der Waals surface area contributed by atoms with Gasteiger partial charge in [-0.2, -0.15) is 0 Å². The Hall–Kier alpha value is -2.55. The molecule has 3 rings (SSSR count). The Morgan fingerprint density at radius 1 is 1.27 bits per heavy atom. The van der Waals surface area contributed by atoms with E-state index in [0.717, 1.165) is 0 Å². The lowest BCUT2D eigenvalue weighted by Crippen LogP contribution is -2.44. The van der Waals surface area contributed by atoms with Gasteiger partial charge in [-0.3, -0.25) is 10.1 Å². The van der Waals surface area contributed by atoms with Crippen molar-refractivity contribution < 1.29 is 14.0 Å². The van der Waals surface area contributed by atoms with Crippen LogP contribution < -0.4 is 10.6 Å². The zero-order chi connectivity index (χ0) is 18.4. The summed E-state index contributed by atoms with van der Waals surface area (Å²) in [5, 5.41) is 13.5. The van der Waals surface area contributed by atoms with Gasteiger partial charge >= 0.3 is 6.03 Å². The second-order valence-electron chi connectivity index (χ2n) is 6.07. The summed E-state index contributed by atoms with van der Waals surface area (Å²) >= 11 is 1.26. The average molecular weight is 377 g/mol. The molecular weight excluding hydrogens is 357 g/mol. The van der Waals surface area contributed by atoms with E-state index in [1.54, 1.807) is 28.6 Å². The Balaban J connectivity index is 1.39. The average Bonchev–Trinajstić information content (AvgIpc) is 3.16. The van der Waals surface area contributed by atoms with Crippen LogP contribution >= 0.6 is 11.3 Å². The number of likely N-dealkylation sites (tertiary alicyclic amines) is 1. The highest BCUT2D eigenvalue weighted by Gasteiger charge is 2.27. The maximum atomic E-state index is 13.6. The van der Waals surface area contributed by atoms with Crippen LogP contribution in [0.15, 0.2) is 29.8 Å². The fraction of sp³-hybridized carbons (Fsp3) is 0.412. The van der Waals surface area contributed by atoms with E-state index in [-0.39, 0.29) is 23.7 Å². The molecule has 2 N–H and O–H groups in total. The lowest BCUT2D eigenvalue weighted by molar-refractivity contribution is -0.126. The summed E-state index contributed by atoms with van der Waals surface area (Å²) in [4.78, 5) is 26.1. The van der Waals surface area contributed by atoms with Crippen LogP contribution in [0.25, 0.3) is 0 Å². The molecule has 0 aliphatic carbocycles. The van der Waals surface area contributed by atoms with E-state index in [2.05, 4.69) is 20.8 Å². The Morgan fingerprint density at radius 3 is 2.73 bits per heavy atom. The third-order valence-electron chi connectivity index (χ3n) is 4.38. The number of halogens is 1. The molecule has 1 fully saturated rings. The molecule has 0 atom stereocenters. The van der Waals surface area contributed by atoms with E-state index in [9.17, 15) is 14.0 Å². The van der Waals surface area contributed by atoms with Crippen molar-refractivity contribution >= 4 is 28.4 Å². The summed E-state index contributed by atoms with van der Waals surface area (Å²) in [7, 11) is 0. The summed E-state index contributed by atoms with van der Waals surface area (Å²) in [6.45, 7) is 1.42. The number of nitrogens with zero attached hydrogens (tertiary/aromatic N) is 3. The number of aromatic nitrogens is 2. The molecule has 2 heterocycles. The van der Waals surface area contributed by atoms with Crippen LogP contribution in [0.4, 0.5) is 14.3 Å². The maximum absolute atomic E-state index is 13.6. The van der Waals surface area contributed by atoms with Gasteiger partial charge in [0.25, 0.3) is 0 Å². The van der Waals surface area contributed by atoms with Gasteiger partial charge < -0.3 is 10.2 Å². The molecule has 138 valence electrons. The van der Waals surface area contributed by atoms with Gasteiger partial charge in [0.2, 0.25) is 11.0 Å². The number of hydrogen-bond acceptors (Lipinski definition) is 5. The summed E-state index contributed by atoms with van der Waals surface area (Å²) in [5.41, 5.74) is 2.14. The Morgan fingerprint density at radius 2 is 2.04 bits per heavy atom. The van der Waals surface area contributed by atoms with Crippen LogP contribution in [0.2, 0.25) is 0 Å². The molecule has 0 saturated carbocycles. The van der Waals surface area contributed by atoms with Gasteiger partial charge in [0.05, 0.1) is 0 Å². The van der Waals surface area contributed by atoms with Crippen molar-refractivity contribution in [3.8, 4) is 0 Å². The molecule has 3 amide bonds. The largest absolute Gasteiger partial charge is 0.356 e. The van der Waals surface area contributed by atoms with Gasteiger partial charge in [0.15, 0.2) is 0 Å². The molecule has 1 aliphatic heterocycles. The van der Waals surface area contributed by atoms with Crippen molar-refractivity contribution in [2.24, 2.45) is 5.92 Å². The fourth-order valence-electron chi connectivity index (χ4n) is 2.91. The predicted octanol–water partition coefficient (Wildman–Crippen LogP) is 2.28. The van der Waals surface area contributed by atoms with Crippen molar-refractivity contribution in [1.82, 2.24) is 20.4 Å². The second-order valence-corrected chi connectivity index (χ2v) is 6.90. The van der Waals surface area contributed by atoms with Crippen LogP contribution in [0.3, 0.4) is 0 Å². The second kappa shape index (κ2) is 8.70. The van der Waals surface area contributed by atoms with Crippen LogP contribution in [0.1, 0.15) is 18.4 Å². The number of benzene rings is 1. The molecule has 1 saturated heterocycles. The van der Waals surface area contributed by atoms with E-state index < -0.39 is 0 Å². The minimum absolute atomic E-state index is 0.0366. The number of hydrogen-bond donors (Lipinski definition) is 2. The molecule has 0 radical (unpaired) electrons. The summed E-state index contributed by atoms with van der Waals surface area (Å²) < 4.78 is 13.6. The molecular formula is C17H20FN5O2S. The molecule has 9 heteroatoms. The van der Waals surface area contributed by atoms with E-state index in [0.29, 0.717) is 49.6 Å². The molecule has 7 nitrogen and oxygen atoms in total. The Bertz CT molecular complexity index is 747. The first-order chi connectivity index (χ1) is 12.6. The van der Waals surface area contributed by atoms with Crippen LogP contribution in [-0.2, 0) is 11.2 Å². The number of nitrogens with one attached hydrogen (secondary N) is 2. The Labute approximate surface area is 154 Å². The molecule has 0 unspecified atom stereocenters. The molecule has 1 aliphatic rings. The van der Waals surface area contributed by atoms with Crippen molar-refractivity contribution in [2.45, 2.75) is 19.3 Å². The van der Waals surface area contributed by atoms with Gasteiger partial charge in [-0.15, -0.1) is 10.2 Å². The summed E-state index contributed by atoms with van der Waals surface area (Å²) in [6.07, 6.45) is 1.67. The molecule has 0 spiro atoms. The smallest absolute Gasteiger partial charge is 0.323 e. The third kappa shape index (κ3) is 4.75. The first-order valence-corrected chi connectivity index (χ1v) is 9.34. The first kappa shape index (κ1) is 18.2. The number of carbonyl (C=O) groups excluding carboxylic acids is 2. The van der Waals surface area contributed by atoms with Gasteiger partial charge in [-0.05, 0) is 30.9 Å². The predicted molar refractivity (Wildman–Crippen MR) is 96.3 cm³/mol. The van der Waals surface area contributed by atoms with E-state index in [1.165, 1.54) is 17.4 Å². The number of piperidine rings is 1. The molecule has 2 aromatic rings. The summed E-state index contributed by atoms with van der Waals surface area (Å²) in [6, 6.07) is 6.34. The standard InChI is InChI=1S/C17H20FN5O2S/c18-14-4-2-1-3-12(14)5-8-19-15(24)13-6-9-23(10-7-13)17(25)21-16-22-20-11-26-16/h1-4,11,13H,5-10H2,(H,19,24)(H,21,22,25). The van der Waals surface area contributed by atoms with Crippen LogP contribution in [-0.4, -0.2) is 46.7 Å². The lowest BCUT2D eigenvalue weighted by atomic mass is 9.96. The van der Waals surface area contributed by atoms with Crippen molar-refractivity contribution in [3.05, 3.63) is 41.2 Å². The number of anilines is 1. The van der Waals surface area contributed by atoms with Crippen molar-refractivity contribution in [3.63, 3.8) is 0 Å².